The fourth-order valence-electron chi connectivity index (χ4n) is 3.09. The molecule has 1 fully saturated rings. The van der Waals surface area contributed by atoms with E-state index in [1.807, 2.05) is 42.5 Å². The van der Waals surface area contributed by atoms with Gasteiger partial charge in [-0.05, 0) is 36.4 Å². The van der Waals surface area contributed by atoms with Crippen LogP contribution in [0.1, 0.15) is 0 Å². The molecule has 0 spiro atoms. The van der Waals surface area contributed by atoms with Gasteiger partial charge in [0.25, 0.3) is 5.56 Å². The van der Waals surface area contributed by atoms with Gasteiger partial charge in [0, 0.05) is 37.6 Å². The average molecular weight is 321 g/mol. The topological polar surface area (TPSA) is 78.2 Å². The summed E-state index contributed by atoms with van der Waals surface area (Å²) in [5, 5.41) is 0.627. The van der Waals surface area contributed by atoms with Gasteiger partial charge in [0.2, 0.25) is 5.95 Å². The predicted octanol–water partition coefficient (Wildman–Crippen LogP) is 1.83. The summed E-state index contributed by atoms with van der Waals surface area (Å²) >= 11 is 0. The van der Waals surface area contributed by atoms with E-state index in [2.05, 4.69) is 19.8 Å². The Hall–Kier alpha value is -3.02. The van der Waals surface area contributed by atoms with E-state index in [1.165, 1.54) is 5.69 Å². The summed E-state index contributed by atoms with van der Waals surface area (Å²) < 4.78 is 0. The van der Waals surface area contributed by atoms with Crippen LogP contribution in [0.25, 0.3) is 10.9 Å². The van der Waals surface area contributed by atoms with Crippen LogP contribution in [0, 0.1) is 0 Å². The van der Waals surface area contributed by atoms with Crippen molar-refractivity contribution in [2.45, 2.75) is 0 Å². The Kier molecular flexibility index (Phi) is 3.57. The van der Waals surface area contributed by atoms with Crippen molar-refractivity contribution in [2.24, 2.45) is 0 Å². The lowest BCUT2D eigenvalue weighted by molar-refractivity contribution is 0.640. The van der Waals surface area contributed by atoms with Gasteiger partial charge in [-0.15, -0.1) is 0 Å². The molecule has 6 heteroatoms. The zero-order valence-corrected chi connectivity index (χ0v) is 13.3. The number of para-hydroxylation sites is 1. The van der Waals surface area contributed by atoms with E-state index in [1.54, 1.807) is 6.07 Å². The van der Waals surface area contributed by atoms with Crippen molar-refractivity contribution < 1.29 is 0 Å². The second kappa shape index (κ2) is 5.88. The molecule has 0 atom stereocenters. The molecule has 1 aliphatic rings. The molecule has 24 heavy (non-hydrogen) atoms. The predicted molar refractivity (Wildman–Crippen MR) is 97.6 cm³/mol. The zero-order chi connectivity index (χ0) is 16.5. The monoisotopic (exact) mass is 321 g/mol. The van der Waals surface area contributed by atoms with Crippen LogP contribution in [0.5, 0.6) is 0 Å². The number of nitrogens with two attached hydrogens (primary N) is 1. The highest BCUT2D eigenvalue weighted by molar-refractivity contribution is 5.78. The first-order valence-electron chi connectivity index (χ1n) is 8.05. The number of nitrogen functional groups attached to an aromatic ring is 1. The van der Waals surface area contributed by atoms with Gasteiger partial charge >= 0.3 is 0 Å². The van der Waals surface area contributed by atoms with E-state index in [0.717, 1.165) is 37.4 Å². The van der Waals surface area contributed by atoms with Gasteiger partial charge in [-0.3, -0.25) is 9.78 Å². The lowest BCUT2D eigenvalue weighted by Gasteiger charge is -2.36. The van der Waals surface area contributed by atoms with Crippen molar-refractivity contribution in [1.82, 2.24) is 9.97 Å². The van der Waals surface area contributed by atoms with E-state index in [0.29, 0.717) is 11.3 Å². The average Bonchev–Trinajstić information content (AvgIpc) is 2.62. The molecule has 0 aliphatic carbocycles. The minimum atomic E-state index is -0.0865. The molecule has 2 aromatic carbocycles. The molecule has 0 unspecified atom stereocenters. The van der Waals surface area contributed by atoms with E-state index in [4.69, 9.17) is 5.73 Å². The van der Waals surface area contributed by atoms with Crippen molar-refractivity contribution in [2.75, 3.05) is 41.7 Å². The summed E-state index contributed by atoms with van der Waals surface area (Å²) in [6.07, 6.45) is 0. The third-order valence-electron chi connectivity index (χ3n) is 4.44. The van der Waals surface area contributed by atoms with Crippen LogP contribution >= 0.6 is 0 Å². The van der Waals surface area contributed by atoms with Gasteiger partial charge in [0.1, 0.15) is 0 Å². The summed E-state index contributed by atoms with van der Waals surface area (Å²) in [4.78, 5) is 24.2. The van der Waals surface area contributed by atoms with Crippen LogP contribution < -0.4 is 21.1 Å². The Bertz CT molecular complexity index is 911. The fraction of sp³-hybridized carbons (Fsp3) is 0.222. The standard InChI is InChI=1S/C18H19N5O/c19-13-5-7-14(8-6-13)22-9-11-23(12-10-22)18-20-16-4-2-1-3-15(16)17(24)21-18/h1-8H,9-12,19H2,(H,20,21,24). The van der Waals surface area contributed by atoms with E-state index < -0.39 is 0 Å². The molecule has 6 nitrogen and oxygen atoms in total. The van der Waals surface area contributed by atoms with Crippen LogP contribution in [0.2, 0.25) is 0 Å². The van der Waals surface area contributed by atoms with Crippen molar-refractivity contribution in [3.63, 3.8) is 0 Å². The number of anilines is 3. The van der Waals surface area contributed by atoms with E-state index in [9.17, 15) is 4.79 Å². The highest BCUT2D eigenvalue weighted by atomic mass is 16.1. The largest absolute Gasteiger partial charge is 0.399 e. The molecular weight excluding hydrogens is 302 g/mol. The third-order valence-corrected chi connectivity index (χ3v) is 4.44. The number of hydrogen-bond acceptors (Lipinski definition) is 5. The summed E-state index contributed by atoms with van der Waals surface area (Å²) in [7, 11) is 0. The first kappa shape index (κ1) is 14.6. The fourth-order valence-corrected chi connectivity index (χ4v) is 3.09. The molecule has 3 aromatic rings. The minimum absolute atomic E-state index is 0.0865. The zero-order valence-electron chi connectivity index (χ0n) is 13.3. The lowest BCUT2D eigenvalue weighted by Crippen LogP contribution is -2.47. The Morgan fingerprint density at radius 3 is 2.33 bits per heavy atom. The number of hydrogen-bond donors (Lipinski definition) is 2. The highest BCUT2D eigenvalue weighted by Gasteiger charge is 2.19. The quantitative estimate of drug-likeness (QED) is 0.704. The Morgan fingerprint density at radius 2 is 1.58 bits per heavy atom. The maximum absolute atomic E-state index is 12.2. The maximum Gasteiger partial charge on any atom is 0.260 e. The van der Waals surface area contributed by atoms with Gasteiger partial charge < -0.3 is 15.5 Å². The molecule has 122 valence electrons. The van der Waals surface area contributed by atoms with Crippen molar-refractivity contribution in [3.05, 3.63) is 58.9 Å². The van der Waals surface area contributed by atoms with Gasteiger partial charge in [0.15, 0.2) is 0 Å². The Balaban J connectivity index is 1.53. The van der Waals surface area contributed by atoms with Crippen LogP contribution in [-0.2, 0) is 0 Å². The number of nitrogens with one attached hydrogen (secondary N) is 1. The van der Waals surface area contributed by atoms with Crippen LogP contribution in [0.15, 0.2) is 53.3 Å². The summed E-state index contributed by atoms with van der Waals surface area (Å²) in [6.45, 7) is 3.37. The van der Waals surface area contributed by atoms with Gasteiger partial charge in [0.05, 0.1) is 10.9 Å². The van der Waals surface area contributed by atoms with E-state index in [-0.39, 0.29) is 5.56 Å². The molecule has 4 rings (SSSR count). The van der Waals surface area contributed by atoms with Crippen LogP contribution in [-0.4, -0.2) is 36.1 Å². The third kappa shape index (κ3) is 2.67. The number of aromatic amines is 1. The second-order valence-electron chi connectivity index (χ2n) is 5.97. The molecule has 1 aliphatic heterocycles. The van der Waals surface area contributed by atoms with Gasteiger partial charge in [-0.1, -0.05) is 12.1 Å². The molecule has 0 radical (unpaired) electrons. The van der Waals surface area contributed by atoms with Crippen LogP contribution in [0.4, 0.5) is 17.3 Å². The molecule has 1 aromatic heterocycles. The van der Waals surface area contributed by atoms with Gasteiger partial charge in [-0.25, -0.2) is 4.98 Å². The first-order chi connectivity index (χ1) is 11.7. The smallest absolute Gasteiger partial charge is 0.260 e. The summed E-state index contributed by atoms with van der Waals surface area (Å²) in [5.41, 5.74) is 8.34. The highest BCUT2D eigenvalue weighted by Crippen LogP contribution is 2.20. The van der Waals surface area contributed by atoms with E-state index >= 15 is 0 Å². The van der Waals surface area contributed by atoms with Gasteiger partial charge in [-0.2, -0.15) is 0 Å². The van der Waals surface area contributed by atoms with Crippen LogP contribution in [0.3, 0.4) is 0 Å². The van der Waals surface area contributed by atoms with Crippen molar-refractivity contribution in [1.29, 1.82) is 0 Å². The number of benzene rings is 2. The Labute approximate surface area is 139 Å². The Morgan fingerprint density at radius 1 is 0.917 bits per heavy atom. The normalized spacial score (nSPS) is 15.0. The molecule has 0 bridgehead atoms. The number of nitrogens with zero attached hydrogens (tertiary/aromatic N) is 3. The number of aromatic nitrogens is 2. The summed E-state index contributed by atoms with van der Waals surface area (Å²) in [5.74, 6) is 0.649. The number of rotatable bonds is 2. The maximum atomic E-state index is 12.2. The van der Waals surface area contributed by atoms with Crippen molar-refractivity contribution >= 4 is 28.2 Å². The summed E-state index contributed by atoms with van der Waals surface area (Å²) in [6, 6.07) is 15.3. The molecule has 0 amide bonds. The molecule has 1 saturated heterocycles. The lowest BCUT2D eigenvalue weighted by atomic mass is 10.2. The number of piperazine rings is 1. The molecule has 3 N–H and O–H groups in total. The molecular formula is C18H19N5O. The first-order valence-corrected chi connectivity index (χ1v) is 8.05. The molecule has 0 saturated carbocycles. The second-order valence-corrected chi connectivity index (χ2v) is 5.97. The van der Waals surface area contributed by atoms with Crippen molar-refractivity contribution in [3.8, 4) is 0 Å². The molecule has 2 heterocycles. The number of fused-ring (bicyclic) bond motifs is 1. The minimum Gasteiger partial charge on any atom is -0.399 e. The SMILES string of the molecule is Nc1ccc(N2CCN(c3nc4ccccc4c(=O)[nH]3)CC2)cc1. The number of H-pyrrole nitrogens is 1.